The highest BCUT2D eigenvalue weighted by Gasteiger charge is 2.24. The molecule has 0 radical (unpaired) electrons. The van der Waals surface area contributed by atoms with Crippen LogP contribution in [-0.4, -0.2) is 42.3 Å². The van der Waals surface area contributed by atoms with Crippen molar-refractivity contribution in [2.24, 2.45) is 0 Å². The van der Waals surface area contributed by atoms with Crippen LogP contribution in [0.5, 0.6) is 0 Å². The highest BCUT2D eigenvalue weighted by Crippen LogP contribution is 2.17. The van der Waals surface area contributed by atoms with E-state index in [1.807, 2.05) is 22.4 Å². The van der Waals surface area contributed by atoms with Gasteiger partial charge in [-0.3, -0.25) is 9.59 Å². The number of hydrogen-bond donors (Lipinski definition) is 1. The summed E-state index contributed by atoms with van der Waals surface area (Å²) in [6.45, 7) is 4.85. The SMILES string of the molecule is CCCN(C(=O)CCC(=O)c1cccs1)C1CCNCC1. The molecule has 1 aromatic heterocycles. The second-order valence-corrected chi connectivity index (χ2v) is 6.42. The number of rotatable bonds is 7. The Balaban J connectivity index is 1.87. The molecule has 0 spiro atoms. The number of nitrogens with zero attached hydrogens (tertiary/aromatic N) is 1. The molecule has 4 nitrogen and oxygen atoms in total. The molecule has 0 unspecified atom stereocenters. The van der Waals surface area contributed by atoms with Crippen LogP contribution in [0.25, 0.3) is 0 Å². The van der Waals surface area contributed by atoms with Gasteiger partial charge in [0.25, 0.3) is 0 Å². The van der Waals surface area contributed by atoms with Crippen molar-refractivity contribution in [3.63, 3.8) is 0 Å². The smallest absolute Gasteiger partial charge is 0.223 e. The van der Waals surface area contributed by atoms with E-state index in [9.17, 15) is 9.59 Å². The molecule has 1 amide bonds. The van der Waals surface area contributed by atoms with Gasteiger partial charge in [0.1, 0.15) is 0 Å². The molecule has 1 saturated heterocycles. The first-order valence-corrected chi connectivity index (χ1v) is 8.67. The molecule has 1 N–H and O–H groups in total. The van der Waals surface area contributed by atoms with Gasteiger partial charge in [-0.1, -0.05) is 13.0 Å². The molecule has 0 aliphatic carbocycles. The van der Waals surface area contributed by atoms with Gasteiger partial charge in [0, 0.05) is 25.4 Å². The monoisotopic (exact) mass is 308 g/mol. The minimum atomic E-state index is 0.0834. The van der Waals surface area contributed by atoms with E-state index in [-0.39, 0.29) is 11.7 Å². The average molecular weight is 308 g/mol. The molecule has 0 bridgehead atoms. The van der Waals surface area contributed by atoms with Crippen LogP contribution in [0.2, 0.25) is 0 Å². The first kappa shape index (κ1) is 16.2. The van der Waals surface area contributed by atoms with Crippen LogP contribution in [-0.2, 0) is 4.79 Å². The number of nitrogens with one attached hydrogen (secondary N) is 1. The molecule has 2 heterocycles. The molecule has 1 aliphatic heterocycles. The topological polar surface area (TPSA) is 49.4 Å². The first-order chi connectivity index (χ1) is 10.2. The molecular weight excluding hydrogens is 284 g/mol. The third-order valence-electron chi connectivity index (χ3n) is 3.90. The quantitative estimate of drug-likeness (QED) is 0.788. The van der Waals surface area contributed by atoms with E-state index >= 15 is 0 Å². The molecule has 1 aromatic rings. The van der Waals surface area contributed by atoms with Gasteiger partial charge in [-0.05, 0) is 43.8 Å². The van der Waals surface area contributed by atoms with E-state index in [0.29, 0.717) is 18.9 Å². The molecule has 1 fully saturated rings. The summed E-state index contributed by atoms with van der Waals surface area (Å²) in [6, 6.07) is 4.04. The van der Waals surface area contributed by atoms with Crippen LogP contribution in [0.1, 0.15) is 48.7 Å². The number of ketones is 1. The van der Waals surface area contributed by atoms with Gasteiger partial charge in [0.15, 0.2) is 5.78 Å². The van der Waals surface area contributed by atoms with Crippen LogP contribution in [0.4, 0.5) is 0 Å². The Bertz CT molecular complexity index is 453. The van der Waals surface area contributed by atoms with Crippen molar-refractivity contribution < 1.29 is 9.59 Å². The molecular formula is C16H24N2O2S. The van der Waals surface area contributed by atoms with E-state index in [1.54, 1.807) is 0 Å². The Morgan fingerprint density at radius 3 is 2.71 bits per heavy atom. The lowest BCUT2D eigenvalue weighted by Gasteiger charge is -2.34. The van der Waals surface area contributed by atoms with Gasteiger partial charge in [0.05, 0.1) is 4.88 Å². The second kappa shape index (κ2) is 8.29. The van der Waals surface area contributed by atoms with Crippen LogP contribution in [0, 0.1) is 0 Å². The van der Waals surface area contributed by atoms with Gasteiger partial charge < -0.3 is 10.2 Å². The second-order valence-electron chi connectivity index (χ2n) is 5.47. The number of carbonyl (C=O) groups excluding carboxylic acids is 2. The maximum Gasteiger partial charge on any atom is 0.223 e. The molecule has 116 valence electrons. The Labute approximate surface area is 130 Å². The molecule has 0 aromatic carbocycles. The maximum atomic E-state index is 12.5. The summed E-state index contributed by atoms with van der Waals surface area (Å²) >= 11 is 1.45. The van der Waals surface area contributed by atoms with Gasteiger partial charge in [-0.2, -0.15) is 0 Å². The Kier molecular flexibility index (Phi) is 6.39. The molecule has 0 atom stereocenters. The van der Waals surface area contributed by atoms with Gasteiger partial charge in [0.2, 0.25) is 5.91 Å². The summed E-state index contributed by atoms with van der Waals surface area (Å²) in [7, 11) is 0. The van der Waals surface area contributed by atoms with Crippen LogP contribution >= 0.6 is 11.3 Å². The van der Waals surface area contributed by atoms with Gasteiger partial charge >= 0.3 is 0 Å². The zero-order valence-corrected chi connectivity index (χ0v) is 13.5. The average Bonchev–Trinajstić information content (AvgIpc) is 3.05. The largest absolute Gasteiger partial charge is 0.340 e. The summed E-state index contributed by atoms with van der Waals surface area (Å²) in [5, 5.41) is 5.22. The van der Waals surface area contributed by atoms with E-state index in [4.69, 9.17) is 0 Å². The van der Waals surface area contributed by atoms with Crippen LogP contribution in [0.3, 0.4) is 0 Å². The van der Waals surface area contributed by atoms with Crippen LogP contribution < -0.4 is 5.32 Å². The zero-order chi connectivity index (χ0) is 15.1. The standard InChI is InChI=1S/C16H24N2O2S/c1-2-11-18(13-7-9-17-10-8-13)16(20)6-5-14(19)15-4-3-12-21-15/h3-4,12-13,17H,2,5-11H2,1H3. The molecule has 0 saturated carbocycles. The fraction of sp³-hybridized carbons (Fsp3) is 0.625. The van der Waals surface area contributed by atoms with Crippen molar-refractivity contribution in [1.82, 2.24) is 10.2 Å². The van der Waals surface area contributed by atoms with E-state index < -0.39 is 0 Å². The lowest BCUT2D eigenvalue weighted by atomic mass is 10.0. The van der Waals surface area contributed by atoms with Crippen molar-refractivity contribution in [3.8, 4) is 0 Å². The van der Waals surface area contributed by atoms with Crippen molar-refractivity contribution in [1.29, 1.82) is 0 Å². The molecule has 21 heavy (non-hydrogen) atoms. The highest BCUT2D eigenvalue weighted by molar-refractivity contribution is 7.12. The van der Waals surface area contributed by atoms with Crippen molar-refractivity contribution in [2.75, 3.05) is 19.6 Å². The van der Waals surface area contributed by atoms with Crippen molar-refractivity contribution in [3.05, 3.63) is 22.4 Å². The maximum absolute atomic E-state index is 12.5. The van der Waals surface area contributed by atoms with E-state index in [1.165, 1.54) is 11.3 Å². The third-order valence-corrected chi connectivity index (χ3v) is 4.81. The number of amides is 1. The zero-order valence-electron chi connectivity index (χ0n) is 12.6. The summed E-state index contributed by atoms with van der Waals surface area (Å²) in [6.07, 6.45) is 3.66. The van der Waals surface area contributed by atoms with E-state index in [2.05, 4.69) is 12.2 Å². The number of thiophene rings is 1. The molecule has 5 heteroatoms. The van der Waals surface area contributed by atoms with Gasteiger partial charge in [-0.25, -0.2) is 0 Å². The minimum Gasteiger partial charge on any atom is -0.340 e. The number of Topliss-reactive ketones (excluding diaryl/α,β-unsaturated/α-hetero) is 1. The lowest BCUT2D eigenvalue weighted by molar-refractivity contribution is -0.134. The van der Waals surface area contributed by atoms with E-state index in [0.717, 1.165) is 43.8 Å². The number of carbonyl (C=O) groups is 2. The van der Waals surface area contributed by atoms with Crippen molar-refractivity contribution in [2.45, 2.75) is 45.1 Å². The number of piperidine rings is 1. The first-order valence-electron chi connectivity index (χ1n) is 7.79. The predicted molar refractivity (Wildman–Crippen MR) is 85.8 cm³/mol. The fourth-order valence-electron chi connectivity index (χ4n) is 2.79. The lowest BCUT2D eigenvalue weighted by Crippen LogP contribution is -2.46. The summed E-state index contributed by atoms with van der Waals surface area (Å²) in [5.74, 6) is 0.216. The minimum absolute atomic E-state index is 0.0834. The third kappa shape index (κ3) is 4.64. The Hall–Kier alpha value is -1.20. The molecule has 1 aliphatic rings. The van der Waals surface area contributed by atoms with Crippen molar-refractivity contribution >= 4 is 23.0 Å². The van der Waals surface area contributed by atoms with Crippen LogP contribution in [0.15, 0.2) is 17.5 Å². The summed E-state index contributed by atoms with van der Waals surface area (Å²) in [4.78, 5) is 27.2. The molecule has 2 rings (SSSR count). The number of hydrogen-bond acceptors (Lipinski definition) is 4. The highest BCUT2D eigenvalue weighted by atomic mass is 32.1. The summed E-state index contributed by atoms with van der Waals surface area (Å²) < 4.78 is 0. The fourth-order valence-corrected chi connectivity index (χ4v) is 3.49. The normalized spacial score (nSPS) is 15.9. The Morgan fingerprint density at radius 2 is 2.10 bits per heavy atom. The van der Waals surface area contributed by atoms with Gasteiger partial charge in [-0.15, -0.1) is 11.3 Å². The predicted octanol–water partition coefficient (Wildman–Crippen LogP) is 2.70. The summed E-state index contributed by atoms with van der Waals surface area (Å²) in [5.41, 5.74) is 0. The Morgan fingerprint density at radius 1 is 1.33 bits per heavy atom.